The van der Waals surface area contributed by atoms with Gasteiger partial charge in [-0.25, -0.2) is 0 Å². The summed E-state index contributed by atoms with van der Waals surface area (Å²) in [4.78, 5) is 17.2. The van der Waals surface area contributed by atoms with Gasteiger partial charge in [0, 0.05) is 11.1 Å². The second-order valence-corrected chi connectivity index (χ2v) is 5.30. The number of ether oxygens (including phenoxy) is 3. The highest BCUT2D eigenvalue weighted by Crippen LogP contribution is 2.35. The van der Waals surface area contributed by atoms with Crippen molar-refractivity contribution in [1.82, 2.24) is 14.8 Å². The molecule has 1 aliphatic rings. The molecule has 0 radical (unpaired) electrons. The quantitative estimate of drug-likeness (QED) is 0.729. The van der Waals surface area contributed by atoms with Gasteiger partial charge in [0.1, 0.15) is 0 Å². The molecule has 126 valence electrons. The van der Waals surface area contributed by atoms with Crippen molar-refractivity contribution < 1.29 is 19.0 Å². The van der Waals surface area contributed by atoms with Crippen LogP contribution >= 0.6 is 0 Å². The predicted molar refractivity (Wildman–Crippen MR) is 88.9 cm³/mol. The molecule has 0 saturated carbocycles. The number of benzene rings is 2. The summed E-state index contributed by atoms with van der Waals surface area (Å²) in [6.45, 7) is 2.42. The molecule has 3 aromatic rings. The highest BCUT2D eigenvalue weighted by Gasteiger charge is 2.22. The number of rotatable bonds is 4. The minimum absolute atomic E-state index is 0.152. The van der Waals surface area contributed by atoms with E-state index in [0.717, 1.165) is 0 Å². The molecule has 0 amide bonds. The van der Waals surface area contributed by atoms with Gasteiger partial charge >= 0.3 is 6.01 Å². The van der Waals surface area contributed by atoms with E-state index in [9.17, 15) is 4.79 Å². The second-order valence-electron chi connectivity index (χ2n) is 5.30. The molecule has 2 aromatic carbocycles. The van der Waals surface area contributed by atoms with Crippen LogP contribution in [0, 0.1) is 0 Å². The number of carbonyl (C=O) groups is 1. The van der Waals surface area contributed by atoms with Crippen molar-refractivity contribution in [3.8, 4) is 28.9 Å². The van der Waals surface area contributed by atoms with Crippen LogP contribution in [0.3, 0.4) is 0 Å². The summed E-state index contributed by atoms with van der Waals surface area (Å²) in [6, 6.07) is 14.4. The lowest BCUT2D eigenvalue weighted by atomic mass is 10.1. The maximum atomic E-state index is 12.8. The summed E-state index contributed by atoms with van der Waals surface area (Å²) in [5.74, 6) is 1.37. The van der Waals surface area contributed by atoms with E-state index in [1.807, 2.05) is 19.1 Å². The van der Waals surface area contributed by atoms with E-state index in [1.165, 1.54) is 4.68 Å². The monoisotopic (exact) mass is 337 g/mol. The highest BCUT2D eigenvalue weighted by atomic mass is 16.7. The third-order valence-corrected chi connectivity index (χ3v) is 3.71. The van der Waals surface area contributed by atoms with E-state index in [-0.39, 0.29) is 18.7 Å². The molecule has 4 rings (SSSR count). The molecular weight excluding hydrogens is 322 g/mol. The molecule has 0 N–H and O–H groups in total. The molecule has 2 heterocycles. The van der Waals surface area contributed by atoms with Crippen LogP contribution in [-0.2, 0) is 0 Å². The minimum Gasteiger partial charge on any atom is -0.463 e. The Morgan fingerprint density at radius 1 is 1.16 bits per heavy atom. The molecule has 7 nitrogen and oxygen atoms in total. The third kappa shape index (κ3) is 2.80. The SMILES string of the molecule is CCOc1nc(-c2ccc3c(c2)OCO3)n(C(=O)c2ccccc2)n1. The molecule has 0 saturated heterocycles. The molecule has 0 unspecified atom stereocenters. The van der Waals surface area contributed by atoms with Crippen molar-refractivity contribution >= 4 is 5.91 Å². The van der Waals surface area contributed by atoms with Gasteiger partial charge in [0.2, 0.25) is 6.79 Å². The van der Waals surface area contributed by atoms with Crippen molar-refractivity contribution in [1.29, 1.82) is 0 Å². The Balaban J connectivity index is 1.80. The van der Waals surface area contributed by atoms with Gasteiger partial charge in [0.05, 0.1) is 6.61 Å². The summed E-state index contributed by atoms with van der Waals surface area (Å²) in [6.07, 6.45) is 0. The molecule has 7 heteroatoms. The molecule has 0 atom stereocenters. The Morgan fingerprint density at radius 2 is 1.96 bits per heavy atom. The summed E-state index contributed by atoms with van der Waals surface area (Å²) < 4.78 is 17.4. The van der Waals surface area contributed by atoms with Crippen LogP contribution in [0.4, 0.5) is 0 Å². The number of aromatic nitrogens is 3. The molecule has 0 spiro atoms. The second kappa shape index (κ2) is 6.27. The lowest BCUT2D eigenvalue weighted by Crippen LogP contribution is -2.15. The van der Waals surface area contributed by atoms with Crippen LogP contribution in [0.15, 0.2) is 48.5 Å². The molecule has 1 aliphatic heterocycles. The zero-order valence-electron chi connectivity index (χ0n) is 13.5. The van der Waals surface area contributed by atoms with Crippen molar-refractivity contribution in [2.75, 3.05) is 13.4 Å². The largest absolute Gasteiger partial charge is 0.463 e. The molecule has 1 aromatic heterocycles. The fourth-order valence-corrected chi connectivity index (χ4v) is 2.55. The van der Waals surface area contributed by atoms with E-state index < -0.39 is 0 Å². The summed E-state index contributed by atoms with van der Waals surface area (Å²) in [5.41, 5.74) is 1.20. The third-order valence-electron chi connectivity index (χ3n) is 3.71. The van der Waals surface area contributed by atoms with Gasteiger partial charge in [-0.15, -0.1) is 5.10 Å². The maximum Gasteiger partial charge on any atom is 0.336 e. The van der Waals surface area contributed by atoms with Crippen LogP contribution in [0.2, 0.25) is 0 Å². The van der Waals surface area contributed by atoms with Gasteiger partial charge in [-0.1, -0.05) is 18.2 Å². The zero-order valence-corrected chi connectivity index (χ0v) is 13.5. The topological polar surface area (TPSA) is 75.5 Å². The Hall–Kier alpha value is -3.35. The first-order valence-electron chi connectivity index (χ1n) is 7.86. The van der Waals surface area contributed by atoms with Crippen molar-refractivity contribution in [3.63, 3.8) is 0 Å². The van der Waals surface area contributed by atoms with Crippen molar-refractivity contribution in [2.24, 2.45) is 0 Å². The number of hydrogen-bond acceptors (Lipinski definition) is 6. The average Bonchev–Trinajstić information content (AvgIpc) is 3.28. The van der Waals surface area contributed by atoms with E-state index in [2.05, 4.69) is 10.1 Å². The zero-order chi connectivity index (χ0) is 17.2. The standard InChI is InChI=1S/C18H15N3O4/c1-2-23-18-19-16(13-8-9-14-15(10-13)25-11-24-14)21(20-18)17(22)12-6-4-3-5-7-12/h3-10H,2,11H2,1H3. The lowest BCUT2D eigenvalue weighted by molar-refractivity contribution is 0.0945. The fraction of sp³-hybridized carbons (Fsp3) is 0.167. The number of carbonyl (C=O) groups excluding carboxylic acids is 1. The minimum atomic E-state index is -0.285. The van der Waals surface area contributed by atoms with Gasteiger partial charge in [-0.3, -0.25) is 4.79 Å². The predicted octanol–water partition coefficient (Wildman–Crippen LogP) is 2.76. The Bertz CT molecular complexity index is 921. The Labute approximate surface area is 143 Å². The first-order chi connectivity index (χ1) is 12.3. The van der Waals surface area contributed by atoms with Crippen LogP contribution < -0.4 is 14.2 Å². The Kier molecular flexibility index (Phi) is 3.81. The number of fused-ring (bicyclic) bond motifs is 1. The summed E-state index contributed by atoms with van der Waals surface area (Å²) in [5, 5.41) is 4.21. The van der Waals surface area contributed by atoms with Gasteiger partial charge in [-0.05, 0) is 37.3 Å². The lowest BCUT2D eigenvalue weighted by Gasteiger charge is -2.05. The van der Waals surface area contributed by atoms with Gasteiger partial charge in [0.25, 0.3) is 5.91 Å². The maximum absolute atomic E-state index is 12.8. The molecular formula is C18H15N3O4. The van der Waals surface area contributed by atoms with Crippen LogP contribution in [-0.4, -0.2) is 34.1 Å². The molecule has 0 bridgehead atoms. The van der Waals surface area contributed by atoms with Crippen LogP contribution in [0.1, 0.15) is 17.3 Å². The fourth-order valence-electron chi connectivity index (χ4n) is 2.55. The molecule has 0 fully saturated rings. The molecule has 25 heavy (non-hydrogen) atoms. The number of nitrogens with zero attached hydrogens (tertiary/aromatic N) is 3. The van der Waals surface area contributed by atoms with Crippen molar-refractivity contribution in [3.05, 3.63) is 54.1 Å². The summed E-state index contributed by atoms with van der Waals surface area (Å²) >= 11 is 0. The number of hydrogen-bond donors (Lipinski definition) is 0. The van der Waals surface area contributed by atoms with E-state index in [1.54, 1.807) is 36.4 Å². The van der Waals surface area contributed by atoms with E-state index in [4.69, 9.17) is 14.2 Å². The highest BCUT2D eigenvalue weighted by molar-refractivity contribution is 5.97. The Morgan fingerprint density at radius 3 is 2.76 bits per heavy atom. The smallest absolute Gasteiger partial charge is 0.336 e. The van der Waals surface area contributed by atoms with Gasteiger partial charge < -0.3 is 14.2 Å². The van der Waals surface area contributed by atoms with E-state index in [0.29, 0.717) is 35.1 Å². The van der Waals surface area contributed by atoms with Crippen LogP contribution in [0.25, 0.3) is 11.4 Å². The van der Waals surface area contributed by atoms with E-state index >= 15 is 0 Å². The first kappa shape index (κ1) is 15.2. The molecule has 0 aliphatic carbocycles. The normalized spacial score (nSPS) is 12.2. The van der Waals surface area contributed by atoms with Gasteiger partial charge in [0.15, 0.2) is 17.3 Å². The summed E-state index contributed by atoms with van der Waals surface area (Å²) in [7, 11) is 0. The average molecular weight is 337 g/mol. The van der Waals surface area contributed by atoms with Gasteiger partial charge in [-0.2, -0.15) is 9.67 Å². The van der Waals surface area contributed by atoms with Crippen LogP contribution in [0.5, 0.6) is 17.5 Å². The first-order valence-corrected chi connectivity index (χ1v) is 7.86. The van der Waals surface area contributed by atoms with Crippen molar-refractivity contribution in [2.45, 2.75) is 6.92 Å².